The monoisotopic (exact) mass is 449 g/mol. The SMILES string of the molecule is Cc1cc(-c2noc(CCC3(c4ccccc4)CCCCC3)n2)cc(C)c1OC[C@@H](N)CO. The summed E-state index contributed by atoms with van der Waals surface area (Å²) in [6.07, 6.45) is 8.12. The van der Waals surface area contributed by atoms with Gasteiger partial charge in [0.15, 0.2) is 0 Å². The molecule has 33 heavy (non-hydrogen) atoms. The molecule has 3 aromatic rings. The molecule has 0 unspecified atom stereocenters. The van der Waals surface area contributed by atoms with Crippen molar-refractivity contribution in [2.75, 3.05) is 13.2 Å². The molecule has 1 aliphatic carbocycles. The Kier molecular flexibility index (Phi) is 7.46. The Morgan fingerprint density at radius 3 is 2.45 bits per heavy atom. The number of nitrogens with two attached hydrogens (primary N) is 1. The fourth-order valence-electron chi connectivity index (χ4n) is 5.07. The number of ether oxygens (including phenoxy) is 1. The van der Waals surface area contributed by atoms with Crippen LogP contribution >= 0.6 is 0 Å². The maximum atomic E-state index is 9.12. The molecule has 0 amide bonds. The van der Waals surface area contributed by atoms with Crippen LogP contribution in [0.25, 0.3) is 11.4 Å². The molecule has 0 spiro atoms. The molecule has 176 valence electrons. The number of hydrogen-bond donors (Lipinski definition) is 2. The molecular weight excluding hydrogens is 414 g/mol. The van der Waals surface area contributed by atoms with Crippen molar-refractivity contribution in [2.45, 2.75) is 70.3 Å². The number of nitrogens with zero attached hydrogens (tertiary/aromatic N) is 2. The molecule has 0 bridgehead atoms. The summed E-state index contributed by atoms with van der Waals surface area (Å²) in [4.78, 5) is 4.72. The third-order valence-corrected chi connectivity index (χ3v) is 6.88. The number of hydrogen-bond acceptors (Lipinski definition) is 6. The highest BCUT2D eigenvalue weighted by atomic mass is 16.5. The molecule has 4 rings (SSSR count). The topological polar surface area (TPSA) is 94.4 Å². The van der Waals surface area contributed by atoms with Gasteiger partial charge in [-0.25, -0.2) is 0 Å². The van der Waals surface area contributed by atoms with Crippen LogP contribution in [0.1, 0.15) is 61.1 Å². The minimum atomic E-state index is -0.397. The first-order chi connectivity index (χ1) is 16.0. The summed E-state index contributed by atoms with van der Waals surface area (Å²) in [7, 11) is 0. The summed E-state index contributed by atoms with van der Waals surface area (Å²) in [5.41, 5.74) is 10.3. The van der Waals surface area contributed by atoms with Gasteiger partial charge in [0.05, 0.1) is 12.6 Å². The maximum Gasteiger partial charge on any atom is 0.226 e. The smallest absolute Gasteiger partial charge is 0.226 e. The van der Waals surface area contributed by atoms with Crippen LogP contribution in [0.4, 0.5) is 0 Å². The predicted octanol–water partition coefficient (Wildman–Crippen LogP) is 4.89. The number of benzene rings is 2. The molecule has 1 aliphatic rings. The van der Waals surface area contributed by atoms with Crippen LogP contribution in [0.3, 0.4) is 0 Å². The molecule has 6 nitrogen and oxygen atoms in total. The van der Waals surface area contributed by atoms with Crippen LogP contribution in [0.15, 0.2) is 47.0 Å². The average Bonchev–Trinajstić information content (AvgIpc) is 3.32. The molecule has 3 N–H and O–H groups in total. The van der Waals surface area contributed by atoms with Gasteiger partial charge in [-0.15, -0.1) is 0 Å². The van der Waals surface area contributed by atoms with Gasteiger partial charge in [0.25, 0.3) is 0 Å². The van der Waals surface area contributed by atoms with E-state index in [1.54, 1.807) is 0 Å². The van der Waals surface area contributed by atoms with Crippen LogP contribution in [-0.4, -0.2) is 34.5 Å². The Bertz CT molecular complexity index is 1020. The van der Waals surface area contributed by atoms with E-state index in [0.717, 1.165) is 35.3 Å². The molecule has 2 aromatic carbocycles. The Morgan fingerprint density at radius 2 is 1.79 bits per heavy atom. The zero-order valence-electron chi connectivity index (χ0n) is 19.7. The van der Waals surface area contributed by atoms with Gasteiger partial charge in [-0.1, -0.05) is 54.8 Å². The molecular formula is C27H35N3O3. The highest BCUT2D eigenvalue weighted by Gasteiger charge is 2.34. The van der Waals surface area contributed by atoms with Crippen molar-refractivity contribution in [3.63, 3.8) is 0 Å². The van der Waals surface area contributed by atoms with Crippen molar-refractivity contribution < 1.29 is 14.4 Å². The number of aliphatic hydroxyl groups is 1. The third kappa shape index (κ3) is 5.45. The van der Waals surface area contributed by atoms with Crippen LogP contribution < -0.4 is 10.5 Å². The molecule has 0 saturated heterocycles. The van der Waals surface area contributed by atoms with E-state index < -0.39 is 6.04 Å². The Morgan fingerprint density at radius 1 is 1.09 bits per heavy atom. The second kappa shape index (κ2) is 10.5. The highest BCUT2D eigenvalue weighted by molar-refractivity contribution is 5.61. The molecule has 6 heteroatoms. The van der Waals surface area contributed by atoms with Crippen molar-refractivity contribution in [2.24, 2.45) is 5.73 Å². The minimum Gasteiger partial charge on any atom is -0.491 e. The predicted molar refractivity (Wildman–Crippen MR) is 129 cm³/mol. The van der Waals surface area contributed by atoms with Gasteiger partial charge < -0.3 is 20.1 Å². The number of aromatic nitrogens is 2. The second-order valence-corrected chi connectivity index (χ2v) is 9.41. The van der Waals surface area contributed by atoms with E-state index in [4.69, 9.17) is 25.1 Å². The van der Waals surface area contributed by atoms with Gasteiger partial charge in [-0.3, -0.25) is 0 Å². The Hall–Kier alpha value is -2.70. The van der Waals surface area contributed by atoms with E-state index in [9.17, 15) is 0 Å². The first-order valence-electron chi connectivity index (χ1n) is 12.0. The lowest BCUT2D eigenvalue weighted by Crippen LogP contribution is -2.31. The molecule has 1 saturated carbocycles. The van der Waals surface area contributed by atoms with Gasteiger partial charge in [0.2, 0.25) is 11.7 Å². The molecule has 1 fully saturated rings. The van der Waals surface area contributed by atoms with Gasteiger partial charge in [0.1, 0.15) is 12.4 Å². The van der Waals surface area contributed by atoms with Crippen molar-refractivity contribution in [1.82, 2.24) is 10.1 Å². The maximum absolute atomic E-state index is 9.12. The standard InChI is InChI=1S/C27H35N3O3/c1-19-15-21(16-20(2)25(19)32-18-23(28)17-31)26-29-24(33-30-26)11-14-27(12-7-4-8-13-27)22-9-5-3-6-10-22/h3,5-6,9-10,15-16,23,31H,4,7-8,11-14,17-18,28H2,1-2H3/t23-/m0/s1. The molecule has 1 heterocycles. The number of rotatable bonds is 9. The quantitative estimate of drug-likeness (QED) is 0.483. The van der Waals surface area contributed by atoms with Gasteiger partial charge in [-0.05, 0) is 67.3 Å². The van der Waals surface area contributed by atoms with Crippen LogP contribution in [0.2, 0.25) is 0 Å². The van der Waals surface area contributed by atoms with E-state index in [-0.39, 0.29) is 18.6 Å². The fraction of sp³-hybridized carbons (Fsp3) is 0.481. The lowest BCUT2D eigenvalue weighted by Gasteiger charge is -2.38. The summed E-state index contributed by atoms with van der Waals surface area (Å²) in [6, 6.07) is 14.5. The molecule has 0 aliphatic heterocycles. The lowest BCUT2D eigenvalue weighted by atomic mass is 9.67. The Balaban J connectivity index is 1.48. The van der Waals surface area contributed by atoms with Crippen molar-refractivity contribution in [3.8, 4) is 17.1 Å². The first-order valence-corrected chi connectivity index (χ1v) is 12.0. The molecule has 0 radical (unpaired) electrons. The normalized spacial score (nSPS) is 16.5. The molecule has 1 atom stereocenters. The van der Waals surface area contributed by atoms with Crippen molar-refractivity contribution >= 4 is 0 Å². The van der Waals surface area contributed by atoms with E-state index in [1.807, 2.05) is 26.0 Å². The van der Waals surface area contributed by atoms with Crippen LogP contribution in [-0.2, 0) is 11.8 Å². The minimum absolute atomic E-state index is 0.104. The largest absolute Gasteiger partial charge is 0.491 e. The fourth-order valence-corrected chi connectivity index (χ4v) is 5.07. The summed E-state index contributed by atoms with van der Waals surface area (Å²) in [5.74, 6) is 2.08. The van der Waals surface area contributed by atoms with Gasteiger partial charge in [-0.2, -0.15) is 4.98 Å². The molecule has 1 aromatic heterocycles. The first kappa shape index (κ1) is 23.5. The van der Waals surface area contributed by atoms with Gasteiger partial charge in [0, 0.05) is 12.0 Å². The summed E-state index contributed by atoms with van der Waals surface area (Å²) < 4.78 is 11.5. The van der Waals surface area contributed by atoms with E-state index >= 15 is 0 Å². The van der Waals surface area contributed by atoms with Crippen LogP contribution in [0, 0.1) is 13.8 Å². The second-order valence-electron chi connectivity index (χ2n) is 9.41. The number of aliphatic hydroxyl groups excluding tert-OH is 1. The third-order valence-electron chi connectivity index (χ3n) is 6.88. The summed E-state index contributed by atoms with van der Waals surface area (Å²) in [5, 5.41) is 13.4. The van der Waals surface area contributed by atoms with E-state index in [0.29, 0.717) is 11.7 Å². The van der Waals surface area contributed by atoms with Gasteiger partial charge >= 0.3 is 0 Å². The summed E-state index contributed by atoms with van der Waals surface area (Å²) >= 11 is 0. The van der Waals surface area contributed by atoms with E-state index in [1.165, 1.54) is 37.7 Å². The zero-order valence-corrected chi connectivity index (χ0v) is 19.7. The average molecular weight is 450 g/mol. The van der Waals surface area contributed by atoms with E-state index in [2.05, 4.69) is 35.5 Å². The highest BCUT2D eigenvalue weighted by Crippen LogP contribution is 2.43. The van der Waals surface area contributed by atoms with Crippen molar-refractivity contribution in [1.29, 1.82) is 0 Å². The number of aryl methyl sites for hydroxylation is 3. The lowest BCUT2D eigenvalue weighted by molar-refractivity contribution is 0.205. The Labute approximate surface area is 196 Å². The summed E-state index contributed by atoms with van der Waals surface area (Å²) in [6.45, 7) is 4.15. The van der Waals surface area contributed by atoms with Crippen LogP contribution in [0.5, 0.6) is 5.75 Å². The van der Waals surface area contributed by atoms with Crippen molar-refractivity contribution in [3.05, 3.63) is 65.0 Å². The zero-order chi connectivity index (χ0) is 23.3.